The van der Waals surface area contributed by atoms with Crippen LogP contribution in [0, 0.1) is 6.92 Å². The van der Waals surface area contributed by atoms with E-state index in [1.165, 1.54) is 0 Å². The highest BCUT2D eigenvalue weighted by atomic mass is 35.5. The molecular formula is C16H14ClNO. The molecule has 0 aliphatic carbocycles. The average Bonchev–Trinajstić information content (AvgIpc) is 2.80. The number of para-hydroxylation sites is 1. The molecule has 0 unspecified atom stereocenters. The SMILES string of the molecule is Cc1cc(Cl)ccc1NCc1cc2ccccc2o1. The Morgan fingerprint density at radius 2 is 1.95 bits per heavy atom. The van der Waals surface area contributed by atoms with Crippen LogP contribution in [0.2, 0.25) is 5.02 Å². The summed E-state index contributed by atoms with van der Waals surface area (Å²) in [5.74, 6) is 0.926. The Hall–Kier alpha value is -1.93. The van der Waals surface area contributed by atoms with Gasteiger partial charge in [0.1, 0.15) is 11.3 Å². The molecule has 96 valence electrons. The Balaban J connectivity index is 1.78. The highest BCUT2D eigenvalue weighted by Gasteiger charge is 2.04. The van der Waals surface area contributed by atoms with Crippen molar-refractivity contribution in [3.05, 3.63) is 64.9 Å². The van der Waals surface area contributed by atoms with Crippen molar-refractivity contribution in [3.63, 3.8) is 0 Å². The van der Waals surface area contributed by atoms with E-state index in [1.54, 1.807) is 0 Å². The predicted octanol–water partition coefficient (Wildman–Crippen LogP) is 5.01. The van der Waals surface area contributed by atoms with E-state index in [9.17, 15) is 0 Å². The number of anilines is 1. The highest BCUT2D eigenvalue weighted by molar-refractivity contribution is 6.30. The number of aryl methyl sites for hydroxylation is 1. The van der Waals surface area contributed by atoms with Gasteiger partial charge >= 0.3 is 0 Å². The maximum absolute atomic E-state index is 5.94. The number of hydrogen-bond acceptors (Lipinski definition) is 2. The summed E-state index contributed by atoms with van der Waals surface area (Å²) in [5, 5.41) is 5.25. The lowest BCUT2D eigenvalue weighted by atomic mass is 10.2. The lowest BCUT2D eigenvalue weighted by Crippen LogP contribution is -1.99. The minimum absolute atomic E-state index is 0.664. The summed E-state index contributed by atoms with van der Waals surface area (Å²) in [6.45, 7) is 2.70. The Morgan fingerprint density at radius 1 is 1.11 bits per heavy atom. The molecule has 2 aromatic carbocycles. The molecule has 0 atom stereocenters. The van der Waals surface area contributed by atoms with E-state index in [2.05, 4.69) is 17.4 Å². The topological polar surface area (TPSA) is 25.2 Å². The van der Waals surface area contributed by atoms with Crippen molar-refractivity contribution < 1.29 is 4.42 Å². The van der Waals surface area contributed by atoms with Crippen molar-refractivity contribution in [2.75, 3.05) is 5.32 Å². The summed E-state index contributed by atoms with van der Waals surface area (Å²) in [5.41, 5.74) is 3.13. The number of halogens is 1. The number of fused-ring (bicyclic) bond motifs is 1. The number of furan rings is 1. The van der Waals surface area contributed by atoms with Gasteiger partial charge < -0.3 is 9.73 Å². The number of hydrogen-bond donors (Lipinski definition) is 1. The summed E-state index contributed by atoms with van der Waals surface area (Å²) in [4.78, 5) is 0. The first-order valence-corrected chi connectivity index (χ1v) is 6.58. The second-order valence-electron chi connectivity index (χ2n) is 4.56. The Kier molecular flexibility index (Phi) is 3.18. The fraction of sp³-hybridized carbons (Fsp3) is 0.125. The summed E-state index contributed by atoms with van der Waals surface area (Å²) < 4.78 is 5.76. The molecule has 1 aromatic heterocycles. The third kappa shape index (κ3) is 2.59. The molecule has 2 nitrogen and oxygen atoms in total. The van der Waals surface area contributed by atoms with Gasteiger partial charge in [-0.25, -0.2) is 0 Å². The van der Waals surface area contributed by atoms with Crippen LogP contribution in [0.3, 0.4) is 0 Å². The van der Waals surface area contributed by atoms with Crippen LogP contribution in [-0.4, -0.2) is 0 Å². The van der Waals surface area contributed by atoms with Gasteiger partial charge in [-0.15, -0.1) is 0 Å². The molecule has 0 spiro atoms. The van der Waals surface area contributed by atoms with Gasteiger partial charge in [0.05, 0.1) is 6.54 Å². The minimum atomic E-state index is 0.664. The van der Waals surface area contributed by atoms with Crippen molar-refractivity contribution in [3.8, 4) is 0 Å². The van der Waals surface area contributed by atoms with Gasteiger partial charge in [0.15, 0.2) is 0 Å². The second-order valence-corrected chi connectivity index (χ2v) is 5.00. The van der Waals surface area contributed by atoms with Crippen molar-refractivity contribution in [1.82, 2.24) is 0 Å². The molecule has 3 aromatic rings. The van der Waals surface area contributed by atoms with Crippen molar-refractivity contribution in [2.45, 2.75) is 13.5 Å². The molecule has 0 fully saturated rings. The van der Waals surface area contributed by atoms with Crippen LogP contribution in [0.15, 0.2) is 52.9 Å². The summed E-state index contributed by atoms with van der Waals surface area (Å²) in [6.07, 6.45) is 0. The van der Waals surface area contributed by atoms with Gasteiger partial charge in [0, 0.05) is 16.1 Å². The number of rotatable bonds is 3. The molecule has 0 amide bonds. The van der Waals surface area contributed by atoms with Gasteiger partial charge in [-0.3, -0.25) is 0 Å². The van der Waals surface area contributed by atoms with Gasteiger partial charge in [0.2, 0.25) is 0 Å². The Bertz CT molecular complexity index is 685. The van der Waals surface area contributed by atoms with Crippen LogP contribution in [0.1, 0.15) is 11.3 Å². The van der Waals surface area contributed by atoms with E-state index in [0.717, 1.165) is 33.0 Å². The largest absolute Gasteiger partial charge is 0.459 e. The lowest BCUT2D eigenvalue weighted by molar-refractivity contribution is 0.559. The summed E-state index contributed by atoms with van der Waals surface area (Å²) >= 11 is 5.94. The Labute approximate surface area is 117 Å². The zero-order valence-corrected chi connectivity index (χ0v) is 11.4. The zero-order valence-electron chi connectivity index (χ0n) is 10.6. The standard InChI is InChI=1S/C16H14ClNO/c1-11-8-13(17)6-7-15(11)18-10-14-9-12-4-2-3-5-16(12)19-14/h2-9,18H,10H2,1H3. The van der Waals surface area contributed by atoms with Crippen molar-refractivity contribution >= 4 is 28.3 Å². The predicted molar refractivity (Wildman–Crippen MR) is 79.7 cm³/mol. The fourth-order valence-electron chi connectivity index (χ4n) is 2.13. The molecule has 0 radical (unpaired) electrons. The number of benzene rings is 2. The summed E-state index contributed by atoms with van der Waals surface area (Å²) in [7, 11) is 0. The molecular weight excluding hydrogens is 258 g/mol. The molecule has 0 aliphatic rings. The number of nitrogens with one attached hydrogen (secondary N) is 1. The molecule has 1 N–H and O–H groups in total. The van der Waals surface area contributed by atoms with Crippen molar-refractivity contribution in [1.29, 1.82) is 0 Å². The fourth-order valence-corrected chi connectivity index (χ4v) is 2.36. The molecule has 0 saturated heterocycles. The second kappa shape index (κ2) is 4.98. The quantitative estimate of drug-likeness (QED) is 0.725. The van der Waals surface area contributed by atoms with E-state index in [0.29, 0.717) is 6.54 Å². The van der Waals surface area contributed by atoms with Gasteiger partial charge in [0.25, 0.3) is 0 Å². The molecule has 0 aliphatic heterocycles. The maximum atomic E-state index is 5.94. The normalized spacial score (nSPS) is 10.8. The van der Waals surface area contributed by atoms with Crippen molar-refractivity contribution in [2.24, 2.45) is 0 Å². The first-order valence-electron chi connectivity index (χ1n) is 6.20. The molecule has 3 heteroatoms. The molecule has 19 heavy (non-hydrogen) atoms. The third-order valence-corrected chi connectivity index (χ3v) is 3.35. The van der Waals surface area contributed by atoms with Crippen LogP contribution < -0.4 is 5.32 Å². The molecule has 0 saturated carbocycles. The van der Waals surface area contributed by atoms with Gasteiger partial charge in [-0.1, -0.05) is 29.8 Å². The first-order chi connectivity index (χ1) is 9.22. The van der Waals surface area contributed by atoms with E-state index >= 15 is 0 Å². The minimum Gasteiger partial charge on any atom is -0.459 e. The van der Waals surface area contributed by atoms with E-state index in [-0.39, 0.29) is 0 Å². The van der Waals surface area contributed by atoms with Gasteiger partial charge in [-0.05, 0) is 42.8 Å². The monoisotopic (exact) mass is 271 g/mol. The van der Waals surface area contributed by atoms with E-state index in [1.807, 2.05) is 43.3 Å². The highest BCUT2D eigenvalue weighted by Crippen LogP contribution is 2.22. The smallest absolute Gasteiger partial charge is 0.134 e. The van der Waals surface area contributed by atoms with Gasteiger partial charge in [-0.2, -0.15) is 0 Å². The van der Waals surface area contributed by atoms with Crippen LogP contribution in [0.5, 0.6) is 0 Å². The first kappa shape index (κ1) is 12.1. The average molecular weight is 272 g/mol. The Morgan fingerprint density at radius 3 is 2.74 bits per heavy atom. The van der Waals surface area contributed by atoms with Crippen LogP contribution in [0.25, 0.3) is 11.0 Å². The van der Waals surface area contributed by atoms with Crippen LogP contribution in [0.4, 0.5) is 5.69 Å². The lowest BCUT2D eigenvalue weighted by Gasteiger charge is -2.08. The molecule has 0 bridgehead atoms. The maximum Gasteiger partial charge on any atom is 0.134 e. The summed E-state index contributed by atoms with van der Waals surface area (Å²) in [6, 6.07) is 15.9. The van der Waals surface area contributed by atoms with Crippen LogP contribution in [-0.2, 0) is 6.54 Å². The van der Waals surface area contributed by atoms with Crippen LogP contribution >= 0.6 is 11.6 Å². The van der Waals surface area contributed by atoms with E-state index < -0.39 is 0 Å². The third-order valence-electron chi connectivity index (χ3n) is 3.12. The molecule has 1 heterocycles. The van der Waals surface area contributed by atoms with E-state index in [4.69, 9.17) is 16.0 Å². The zero-order chi connectivity index (χ0) is 13.2. The molecule has 3 rings (SSSR count).